The SMILES string of the molecule is C[C@]12CCC(=O)N1[C@H](C(=O)OCC(=O)c1ccc(F)c(F)c1)CS2. The molecule has 2 heterocycles. The molecule has 3 rings (SSSR count). The predicted molar refractivity (Wildman–Crippen MR) is 82.4 cm³/mol. The summed E-state index contributed by atoms with van der Waals surface area (Å²) in [6.07, 6.45) is 1.06. The molecule has 0 N–H and O–H groups in total. The second-order valence-corrected chi connectivity index (χ2v) is 7.43. The molecule has 0 bridgehead atoms. The maximum atomic E-state index is 13.1. The standard InChI is InChI=1S/C16H15F2NO4S/c1-16-5-4-14(21)19(16)12(8-24-16)15(22)23-7-13(20)9-2-3-10(17)11(18)6-9/h2-3,6,12H,4-5,7-8H2,1H3/t12-,16-/m0/s1. The van der Waals surface area contributed by atoms with Crippen LogP contribution >= 0.6 is 11.8 Å². The molecule has 1 aromatic rings. The third-order valence-corrected chi connectivity index (χ3v) is 5.81. The molecule has 2 aliphatic rings. The molecule has 128 valence electrons. The van der Waals surface area contributed by atoms with Gasteiger partial charge in [-0.3, -0.25) is 9.59 Å². The number of carbonyl (C=O) groups is 3. The zero-order chi connectivity index (χ0) is 17.5. The summed E-state index contributed by atoms with van der Waals surface area (Å²) in [5.41, 5.74) is -0.0791. The molecule has 0 unspecified atom stereocenters. The van der Waals surface area contributed by atoms with Gasteiger partial charge in [-0.25, -0.2) is 13.6 Å². The van der Waals surface area contributed by atoms with E-state index in [9.17, 15) is 23.2 Å². The monoisotopic (exact) mass is 355 g/mol. The number of ketones is 1. The zero-order valence-electron chi connectivity index (χ0n) is 12.9. The van der Waals surface area contributed by atoms with E-state index in [4.69, 9.17) is 4.74 Å². The Bertz CT molecular complexity index is 726. The molecule has 2 aliphatic heterocycles. The van der Waals surface area contributed by atoms with E-state index in [0.29, 0.717) is 18.6 Å². The number of nitrogens with zero attached hydrogens (tertiary/aromatic N) is 1. The molecule has 0 aromatic heterocycles. The Morgan fingerprint density at radius 1 is 1.38 bits per heavy atom. The second kappa shape index (κ2) is 6.16. The lowest BCUT2D eigenvalue weighted by Gasteiger charge is -2.29. The highest BCUT2D eigenvalue weighted by molar-refractivity contribution is 8.01. The zero-order valence-corrected chi connectivity index (χ0v) is 13.7. The first kappa shape index (κ1) is 16.9. The Labute approximate surface area is 141 Å². The van der Waals surface area contributed by atoms with E-state index in [1.54, 1.807) is 0 Å². The molecule has 0 spiro atoms. The van der Waals surface area contributed by atoms with Crippen molar-refractivity contribution >= 4 is 29.4 Å². The Kier molecular flexibility index (Phi) is 4.33. The minimum Gasteiger partial charge on any atom is -0.456 e. The van der Waals surface area contributed by atoms with Crippen LogP contribution in [0.15, 0.2) is 18.2 Å². The van der Waals surface area contributed by atoms with Crippen LogP contribution in [-0.2, 0) is 14.3 Å². The van der Waals surface area contributed by atoms with Gasteiger partial charge < -0.3 is 9.64 Å². The number of carbonyl (C=O) groups excluding carboxylic acids is 3. The van der Waals surface area contributed by atoms with Crippen LogP contribution in [0.1, 0.15) is 30.1 Å². The van der Waals surface area contributed by atoms with Gasteiger partial charge in [-0.1, -0.05) is 0 Å². The number of benzene rings is 1. The molecule has 24 heavy (non-hydrogen) atoms. The minimum absolute atomic E-state index is 0.0791. The number of rotatable bonds is 4. The van der Waals surface area contributed by atoms with Crippen LogP contribution in [0.2, 0.25) is 0 Å². The first-order chi connectivity index (χ1) is 11.3. The van der Waals surface area contributed by atoms with E-state index in [1.807, 2.05) is 6.92 Å². The van der Waals surface area contributed by atoms with Crippen molar-refractivity contribution in [2.45, 2.75) is 30.7 Å². The summed E-state index contributed by atoms with van der Waals surface area (Å²) in [7, 11) is 0. The summed E-state index contributed by atoms with van der Waals surface area (Å²) in [5.74, 6) is -3.17. The molecule has 1 aromatic carbocycles. The van der Waals surface area contributed by atoms with Gasteiger partial charge >= 0.3 is 5.97 Å². The number of ether oxygens (including phenoxy) is 1. The lowest BCUT2D eigenvalue weighted by atomic mass is 10.1. The largest absolute Gasteiger partial charge is 0.456 e. The van der Waals surface area contributed by atoms with E-state index >= 15 is 0 Å². The van der Waals surface area contributed by atoms with Crippen molar-refractivity contribution in [3.8, 4) is 0 Å². The molecule has 2 saturated heterocycles. The van der Waals surface area contributed by atoms with Crippen molar-refractivity contribution in [2.24, 2.45) is 0 Å². The molecule has 5 nitrogen and oxygen atoms in total. The van der Waals surface area contributed by atoms with Crippen molar-refractivity contribution < 1.29 is 27.9 Å². The maximum absolute atomic E-state index is 13.1. The number of esters is 1. The predicted octanol–water partition coefficient (Wildman–Crippen LogP) is 2.14. The normalized spacial score (nSPS) is 25.7. The minimum atomic E-state index is -1.14. The van der Waals surface area contributed by atoms with Crippen LogP contribution in [0, 0.1) is 11.6 Å². The molecular weight excluding hydrogens is 340 g/mol. The summed E-state index contributed by atoms with van der Waals surface area (Å²) in [4.78, 5) is 37.2. The van der Waals surface area contributed by atoms with Crippen molar-refractivity contribution in [1.29, 1.82) is 0 Å². The fraction of sp³-hybridized carbons (Fsp3) is 0.438. The third kappa shape index (κ3) is 2.90. The van der Waals surface area contributed by atoms with Crippen molar-refractivity contribution in [3.05, 3.63) is 35.4 Å². The first-order valence-corrected chi connectivity index (χ1v) is 8.41. The Balaban J connectivity index is 1.62. The van der Waals surface area contributed by atoms with Crippen LogP contribution in [0.4, 0.5) is 8.78 Å². The van der Waals surface area contributed by atoms with Gasteiger partial charge in [0.1, 0.15) is 6.04 Å². The summed E-state index contributed by atoms with van der Waals surface area (Å²) < 4.78 is 31.0. The van der Waals surface area contributed by atoms with E-state index in [0.717, 1.165) is 18.2 Å². The van der Waals surface area contributed by atoms with Gasteiger partial charge in [-0.2, -0.15) is 0 Å². The van der Waals surface area contributed by atoms with Crippen LogP contribution in [0.5, 0.6) is 0 Å². The van der Waals surface area contributed by atoms with Crippen LogP contribution in [0.3, 0.4) is 0 Å². The summed E-state index contributed by atoms with van der Waals surface area (Å²) in [5, 5.41) is 0. The second-order valence-electron chi connectivity index (χ2n) is 5.93. The fourth-order valence-electron chi connectivity index (χ4n) is 2.98. The Morgan fingerprint density at radius 3 is 2.83 bits per heavy atom. The number of hydrogen-bond donors (Lipinski definition) is 0. The van der Waals surface area contributed by atoms with Crippen molar-refractivity contribution in [2.75, 3.05) is 12.4 Å². The topological polar surface area (TPSA) is 63.7 Å². The van der Waals surface area contributed by atoms with E-state index in [-0.39, 0.29) is 11.5 Å². The lowest BCUT2D eigenvalue weighted by Crippen LogP contribution is -2.46. The highest BCUT2D eigenvalue weighted by Crippen LogP contribution is 2.47. The van der Waals surface area contributed by atoms with Crippen LogP contribution in [-0.4, -0.2) is 45.8 Å². The smallest absolute Gasteiger partial charge is 0.330 e. The van der Waals surface area contributed by atoms with Gasteiger partial charge in [0.2, 0.25) is 5.91 Å². The number of thioether (sulfide) groups is 1. The van der Waals surface area contributed by atoms with E-state index in [1.165, 1.54) is 16.7 Å². The molecule has 1 amide bonds. The van der Waals surface area contributed by atoms with Gasteiger partial charge in [0.05, 0.1) is 4.87 Å². The lowest BCUT2D eigenvalue weighted by molar-refractivity contribution is -0.152. The molecule has 0 saturated carbocycles. The molecular formula is C16H15F2NO4S. The summed E-state index contributed by atoms with van der Waals surface area (Å²) >= 11 is 1.52. The summed E-state index contributed by atoms with van der Waals surface area (Å²) in [6, 6.07) is 2.01. The van der Waals surface area contributed by atoms with Crippen molar-refractivity contribution in [3.63, 3.8) is 0 Å². The highest BCUT2D eigenvalue weighted by Gasteiger charge is 2.53. The Morgan fingerprint density at radius 2 is 2.12 bits per heavy atom. The van der Waals surface area contributed by atoms with Gasteiger partial charge in [0.25, 0.3) is 0 Å². The molecule has 0 radical (unpaired) electrons. The van der Waals surface area contributed by atoms with Crippen molar-refractivity contribution in [1.82, 2.24) is 4.90 Å². The van der Waals surface area contributed by atoms with Gasteiger partial charge in [-0.15, -0.1) is 11.8 Å². The van der Waals surface area contributed by atoms with Crippen LogP contribution < -0.4 is 0 Å². The van der Waals surface area contributed by atoms with Gasteiger partial charge in [-0.05, 0) is 31.5 Å². The van der Waals surface area contributed by atoms with Crippen LogP contribution in [0.25, 0.3) is 0 Å². The molecule has 2 atom stereocenters. The third-order valence-electron chi connectivity index (χ3n) is 4.30. The number of halogens is 2. The quantitative estimate of drug-likeness (QED) is 0.612. The molecule has 0 aliphatic carbocycles. The fourth-order valence-corrected chi connectivity index (χ4v) is 4.40. The highest BCUT2D eigenvalue weighted by atomic mass is 32.2. The number of fused-ring (bicyclic) bond motifs is 1. The first-order valence-electron chi connectivity index (χ1n) is 7.43. The van der Waals surface area contributed by atoms with Gasteiger partial charge in [0, 0.05) is 17.7 Å². The average molecular weight is 355 g/mol. The van der Waals surface area contributed by atoms with E-state index < -0.39 is 40.9 Å². The Hall–Kier alpha value is -1.96. The van der Waals surface area contributed by atoms with E-state index in [2.05, 4.69) is 0 Å². The summed E-state index contributed by atoms with van der Waals surface area (Å²) in [6.45, 7) is 1.33. The maximum Gasteiger partial charge on any atom is 0.330 e. The number of hydrogen-bond acceptors (Lipinski definition) is 5. The molecule has 8 heteroatoms. The average Bonchev–Trinajstić information content (AvgIpc) is 3.04. The number of amides is 1. The number of Topliss-reactive ketones (excluding diaryl/α,β-unsaturated/α-hetero) is 1. The van der Waals surface area contributed by atoms with Gasteiger partial charge in [0.15, 0.2) is 24.0 Å². The molecule has 2 fully saturated rings.